The molecule has 1 N–H and O–H groups in total. The molecule has 1 aromatic rings. The molecular formula is C13H24N4. The summed E-state index contributed by atoms with van der Waals surface area (Å²) in [6.07, 6.45) is 6.54. The molecule has 17 heavy (non-hydrogen) atoms. The first-order valence-electron chi connectivity index (χ1n) is 6.59. The summed E-state index contributed by atoms with van der Waals surface area (Å²) in [6, 6.07) is 1.12. The highest BCUT2D eigenvalue weighted by atomic mass is 15.2. The molecule has 1 atom stereocenters. The lowest BCUT2D eigenvalue weighted by atomic mass is 10.1. The van der Waals surface area contributed by atoms with Crippen molar-refractivity contribution in [3.8, 4) is 0 Å². The van der Waals surface area contributed by atoms with Crippen molar-refractivity contribution in [1.82, 2.24) is 19.8 Å². The Morgan fingerprint density at radius 2 is 2.35 bits per heavy atom. The third-order valence-electron chi connectivity index (χ3n) is 3.43. The second kappa shape index (κ2) is 5.65. The first kappa shape index (κ1) is 12.6. The third-order valence-corrected chi connectivity index (χ3v) is 3.43. The molecule has 0 aromatic carbocycles. The fraction of sp³-hybridized carbons (Fsp3) is 0.769. The highest BCUT2D eigenvalue weighted by Crippen LogP contribution is 2.21. The number of piperidine rings is 1. The molecule has 1 aliphatic rings. The Labute approximate surface area is 104 Å². The van der Waals surface area contributed by atoms with Crippen molar-refractivity contribution in [2.75, 3.05) is 20.1 Å². The van der Waals surface area contributed by atoms with Gasteiger partial charge in [0.15, 0.2) is 0 Å². The molecular weight excluding hydrogens is 212 g/mol. The topological polar surface area (TPSA) is 33.1 Å². The van der Waals surface area contributed by atoms with E-state index in [1.165, 1.54) is 25.1 Å². The molecule has 1 unspecified atom stereocenters. The highest BCUT2D eigenvalue weighted by molar-refractivity contribution is 5.01. The van der Waals surface area contributed by atoms with Crippen LogP contribution in [0.5, 0.6) is 0 Å². The summed E-state index contributed by atoms with van der Waals surface area (Å²) >= 11 is 0. The van der Waals surface area contributed by atoms with Crippen LogP contribution >= 0.6 is 0 Å². The Morgan fingerprint density at radius 3 is 3.06 bits per heavy atom. The van der Waals surface area contributed by atoms with E-state index in [1.54, 1.807) is 0 Å². The Hall–Kier alpha value is -0.870. The lowest BCUT2D eigenvalue weighted by Crippen LogP contribution is -2.34. The first-order chi connectivity index (χ1) is 8.16. The molecule has 0 saturated carbocycles. The lowest BCUT2D eigenvalue weighted by Gasteiger charge is -2.31. The molecule has 2 heterocycles. The molecule has 1 aromatic heterocycles. The van der Waals surface area contributed by atoms with Crippen molar-refractivity contribution in [3.63, 3.8) is 0 Å². The quantitative estimate of drug-likeness (QED) is 0.863. The summed E-state index contributed by atoms with van der Waals surface area (Å²) in [5.41, 5.74) is 1.30. The van der Waals surface area contributed by atoms with E-state index in [0.29, 0.717) is 12.1 Å². The zero-order valence-corrected chi connectivity index (χ0v) is 11.2. The van der Waals surface area contributed by atoms with Gasteiger partial charge in [-0.15, -0.1) is 0 Å². The number of nitrogens with one attached hydrogen (secondary N) is 1. The van der Waals surface area contributed by atoms with Crippen molar-refractivity contribution in [1.29, 1.82) is 0 Å². The summed E-state index contributed by atoms with van der Waals surface area (Å²) < 4.78 is 2.35. The van der Waals surface area contributed by atoms with Crippen LogP contribution in [0.3, 0.4) is 0 Å². The minimum atomic E-state index is 0.521. The smallest absolute Gasteiger partial charge is 0.0951 e. The van der Waals surface area contributed by atoms with Gasteiger partial charge < -0.3 is 14.8 Å². The predicted molar refractivity (Wildman–Crippen MR) is 70.0 cm³/mol. The summed E-state index contributed by atoms with van der Waals surface area (Å²) in [5.74, 6) is 0. The minimum absolute atomic E-state index is 0.521. The van der Waals surface area contributed by atoms with Crippen LogP contribution in [0.4, 0.5) is 0 Å². The number of likely N-dealkylation sites (N-methyl/N-ethyl adjacent to an activating group) is 1. The maximum atomic E-state index is 4.30. The van der Waals surface area contributed by atoms with Crippen molar-refractivity contribution in [2.24, 2.45) is 0 Å². The fourth-order valence-corrected chi connectivity index (χ4v) is 2.47. The molecule has 1 aliphatic heterocycles. The summed E-state index contributed by atoms with van der Waals surface area (Å²) in [4.78, 5) is 6.72. The van der Waals surface area contributed by atoms with Gasteiger partial charge in [0, 0.05) is 31.4 Å². The van der Waals surface area contributed by atoms with Gasteiger partial charge in [0.2, 0.25) is 0 Å². The molecule has 4 heteroatoms. The van der Waals surface area contributed by atoms with Crippen LogP contribution in [0, 0.1) is 0 Å². The fourth-order valence-electron chi connectivity index (χ4n) is 2.47. The largest absolute Gasteiger partial charge is 0.329 e. The zero-order valence-electron chi connectivity index (χ0n) is 11.2. The van der Waals surface area contributed by atoms with Gasteiger partial charge in [-0.1, -0.05) is 13.8 Å². The second-order valence-electron chi connectivity index (χ2n) is 5.39. The van der Waals surface area contributed by atoms with Crippen LogP contribution in [0.15, 0.2) is 12.5 Å². The van der Waals surface area contributed by atoms with Crippen LogP contribution in [-0.2, 0) is 6.54 Å². The van der Waals surface area contributed by atoms with Gasteiger partial charge in [-0.3, -0.25) is 0 Å². The van der Waals surface area contributed by atoms with E-state index in [0.717, 1.165) is 13.1 Å². The van der Waals surface area contributed by atoms with Crippen molar-refractivity contribution < 1.29 is 0 Å². The van der Waals surface area contributed by atoms with Crippen LogP contribution in [0.1, 0.15) is 38.4 Å². The third kappa shape index (κ3) is 3.30. The standard InChI is InChI=1S/C13H24N4/c1-11(2)15-8-13-7-14-10-17(13)12-5-4-6-16(3)9-12/h7,10-12,15H,4-6,8-9H2,1-3H3. The number of imidazole rings is 1. The van der Waals surface area contributed by atoms with Crippen molar-refractivity contribution in [3.05, 3.63) is 18.2 Å². The summed E-state index contributed by atoms with van der Waals surface area (Å²) in [5, 5.41) is 3.46. The number of hydrogen-bond donors (Lipinski definition) is 1. The number of hydrogen-bond acceptors (Lipinski definition) is 3. The molecule has 0 spiro atoms. The molecule has 0 bridgehead atoms. The number of rotatable bonds is 4. The molecule has 96 valence electrons. The van der Waals surface area contributed by atoms with E-state index < -0.39 is 0 Å². The van der Waals surface area contributed by atoms with Gasteiger partial charge in [0.05, 0.1) is 12.0 Å². The van der Waals surface area contributed by atoms with E-state index >= 15 is 0 Å². The van der Waals surface area contributed by atoms with Gasteiger partial charge in [-0.05, 0) is 26.4 Å². The van der Waals surface area contributed by atoms with Crippen LogP contribution < -0.4 is 5.32 Å². The predicted octanol–water partition coefficient (Wildman–Crippen LogP) is 1.65. The van der Waals surface area contributed by atoms with Gasteiger partial charge in [-0.2, -0.15) is 0 Å². The molecule has 0 amide bonds. The SMILES string of the molecule is CC(C)NCc1cncn1C1CCCN(C)C1. The van der Waals surface area contributed by atoms with E-state index in [9.17, 15) is 0 Å². The molecule has 1 saturated heterocycles. The number of likely N-dealkylation sites (tertiary alicyclic amines) is 1. The summed E-state index contributed by atoms with van der Waals surface area (Å²) in [6.45, 7) is 7.64. The number of nitrogens with zero attached hydrogens (tertiary/aromatic N) is 3. The van der Waals surface area contributed by atoms with E-state index in [1.807, 2.05) is 12.5 Å². The van der Waals surface area contributed by atoms with Crippen LogP contribution in [0.2, 0.25) is 0 Å². The maximum absolute atomic E-state index is 4.30. The average Bonchev–Trinajstić information content (AvgIpc) is 2.74. The van der Waals surface area contributed by atoms with Crippen LogP contribution in [0.25, 0.3) is 0 Å². The monoisotopic (exact) mass is 236 g/mol. The summed E-state index contributed by atoms with van der Waals surface area (Å²) in [7, 11) is 2.20. The second-order valence-corrected chi connectivity index (χ2v) is 5.39. The molecule has 2 rings (SSSR count). The molecule has 1 fully saturated rings. The van der Waals surface area contributed by atoms with E-state index in [4.69, 9.17) is 0 Å². The van der Waals surface area contributed by atoms with Gasteiger partial charge >= 0.3 is 0 Å². The van der Waals surface area contributed by atoms with Gasteiger partial charge in [-0.25, -0.2) is 4.98 Å². The Balaban J connectivity index is 2.02. The Bertz CT molecular complexity index is 345. The van der Waals surface area contributed by atoms with Gasteiger partial charge in [0.25, 0.3) is 0 Å². The van der Waals surface area contributed by atoms with Crippen molar-refractivity contribution in [2.45, 2.75) is 45.3 Å². The first-order valence-corrected chi connectivity index (χ1v) is 6.59. The van der Waals surface area contributed by atoms with E-state index in [-0.39, 0.29) is 0 Å². The number of aromatic nitrogens is 2. The maximum Gasteiger partial charge on any atom is 0.0951 e. The van der Waals surface area contributed by atoms with Gasteiger partial charge in [0.1, 0.15) is 0 Å². The Morgan fingerprint density at radius 1 is 1.53 bits per heavy atom. The molecule has 4 nitrogen and oxygen atoms in total. The van der Waals surface area contributed by atoms with E-state index in [2.05, 4.69) is 40.7 Å². The minimum Gasteiger partial charge on any atom is -0.329 e. The normalized spacial score (nSPS) is 22.2. The highest BCUT2D eigenvalue weighted by Gasteiger charge is 2.20. The molecule has 0 aliphatic carbocycles. The zero-order chi connectivity index (χ0) is 12.3. The van der Waals surface area contributed by atoms with Crippen LogP contribution in [-0.4, -0.2) is 40.6 Å². The van der Waals surface area contributed by atoms with Crippen molar-refractivity contribution >= 4 is 0 Å². The Kier molecular flexibility index (Phi) is 4.18. The lowest BCUT2D eigenvalue weighted by molar-refractivity contribution is 0.209. The average molecular weight is 236 g/mol. The molecule has 0 radical (unpaired) electrons.